The molecule has 148 heavy (non-hydrogen) atoms. The van der Waals surface area contributed by atoms with Crippen molar-refractivity contribution in [1.29, 1.82) is 0 Å². The van der Waals surface area contributed by atoms with Crippen LogP contribution < -0.4 is 0 Å². The molecule has 6 aliphatic rings. The van der Waals surface area contributed by atoms with Crippen LogP contribution in [0.25, 0.3) is 264 Å². The Kier molecular flexibility index (Phi) is 18.2. The molecule has 6 aliphatic carbocycles. The molecule has 0 radical (unpaired) electrons. The molecule has 0 atom stereocenters. The van der Waals surface area contributed by atoms with E-state index in [1.54, 1.807) is 0 Å². The summed E-state index contributed by atoms with van der Waals surface area (Å²) in [6.45, 7) is 4.74. The first kappa shape index (κ1) is 83.8. The summed E-state index contributed by atoms with van der Waals surface area (Å²) < 4.78 is 14.6. The monoisotopic (exact) mass is 1910 g/mol. The highest BCUT2D eigenvalue weighted by Crippen LogP contribution is 2.60. The third kappa shape index (κ3) is 12.2. The Bertz CT molecular complexity index is 11100. The zero-order valence-electron chi connectivity index (χ0n) is 81.5. The molecule has 4 aromatic heterocycles. The largest absolute Gasteiger partial charge is 0.455 e. The van der Waals surface area contributed by atoms with E-state index in [9.17, 15) is 0 Å². The van der Waals surface area contributed by atoms with Gasteiger partial charge in [0.15, 0.2) is 0 Å². The van der Waals surface area contributed by atoms with Crippen LogP contribution in [-0.4, -0.2) is 4.57 Å². The van der Waals surface area contributed by atoms with Crippen LogP contribution >= 0.6 is 22.7 Å². The van der Waals surface area contributed by atoms with Crippen molar-refractivity contribution in [2.45, 2.75) is 51.4 Å². The molecule has 30 aromatic rings. The predicted molar refractivity (Wildman–Crippen MR) is 633 cm³/mol. The highest BCUT2D eigenvalue weighted by molar-refractivity contribution is 7.27. The molecule has 4 heteroatoms. The summed E-state index contributed by atoms with van der Waals surface area (Å²) in [4.78, 5) is 0. The van der Waals surface area contributed by atoms with Crippen LogP contribution in [0.2, 0.25) is 0 Å². The van der Waals surface area contributed by atoms with E-state index < -0.39 is 0 Å². The maximum Gasteiger partial charge on any atom is 0.143 e. The van der Waals surface area contributed by atoms with Crippen LogP contribution in [0.5, 0.6) is 0 Å². The zero-order chi connectivity index (χ0) is 97.0. The van der Waals surface area contributed by atoms with Gasteiger partial charge in [-0.3, -0.25) is 0 Å². The Morgan fingerprint density at radius 2 is 0.669 bits per heavy atom. The number of hydrogen-bond acceptors (Lipinski definition) is 3. The van der Waals surface area contributed by atoms with Gasteiger partial charge in [-0.25, -0.2) is 0 Å². The van der Waals surface area contributed by atoms with Crippen LogP contribution in [-0.2, 0) is 37.5 Å². The minimum absolute atomic E-state index is 0.0554. The third-order valence-electron chi connectivity index (χ3n) is 33.9. The van der Waals surface area contributed by atoms with Gasteiger partial charge in [0.05, 0.1) is 11.0 Å². The van der Waals surface area contributed by atoms with Crippen LogP contribution in [0.1, 0.15) is 80.6 Å². The smallest absolute Gasteiger partial charge is 0.143 e. The molecule has 0 amide bonds. The van der Waals surface area contributed by atoms with Crippen molar-refractivity contribution < 1.29 is 4.42 Å². The minimum Gasteiger partial charge on any atom is -0.455 e. The van der Waals surface area contributed by atoms with Crippen LogP contribution in [0.15, 0.2) is 459 Å². The van der Waals surface area contributed by atoms with Crippen molar-refractivity contribution in [3.05, 3.63) is 522 Å². The topological polar surface area (TPSA) is 18.1 Å². The first-order valence-electron chi connectivity index (χ1n) is 52.0. The van der Waals surface area contributed by atoms with Crippen molar-refractivity contribution in [3.63, 3.8) is 0 Å². The summed E-state index contributed by atoms with van der Waals surface area (Å²) in [5, 5.41) is 37.8. The Hall–Kier alpha value is -17.6. The van der Waals surface area contributed by atoms with Gasteiger partial charge in [0.1, 0.15) is 11.2 Å². The fourth-order valence-electron chi connectivity index (χ4n) is 27.6. The van der Waals surface area contributed by atoms with E-state index in [2.05, 4.69) is 473 Å². The number of fused-ring (bicyclic) bond motifs is 57. The van der Waals surface area contributed by atoms with E-state index in [0.717, 1.165) is 43.3 Å². The van der Waals surface area contributed by atoms with Gasteiger partial charge < -0.3 is 8.98 Å². The van der Waals surface area contributed by atoms with E-state index in [0.29, 0.717) is 0 Å². The van der Waals surface area contributed by atoms with Crippen molar-refractivity contribution in [2.24, 2.45) is 0 Å². The third-order valence-corrected chi connectivity index (χ3v) is 36.3. The minimum atomic E-state index is 0.0554. The zero-order valence-corrected chi connectivity index (χ0v) is 83.1. The maximum absolute atomic E-state index is 6.50. The average Bonchev–Trinajstić information content (AvgIpc) is 1.55. The standard InChI is InChI=1S/C33H21N.C30H22.C27H16O.2C27H16S/c1-2-12-26(13-3-1)34-31-15-14-27-28-17-22-9-5-4-8-21(22)16-25(28)19-29(27)33(31)30-18-23-10-6-7-11-24(23)20-32(30)34;1-30(2)26-14-8-7-13-23(26)29-25-17-24-20-11-4-3-9-18(20)19-10-5-6-12-21(19)28(24)22(25)15-16-27(29)30;1-2-8-17-16(7-1)15-23-20(17)13-14-24-25(23)26-21-11-5-3-9-18(21)19-10-4-6-12-22(19)27(26)28-24;1-3-9-18-16(7-1)13-14-23-25(18)26-22-15-17-8-2-4-10-19(17)24(22)20-11-5-6-12-21(20)27(26)28-23;1-2-8-17-16(7-1)13-14-19-22(17)15-23-25(19)18-9-3-4-10-20(18)27-26(23)21-11-5-6-12-24(21)28-27/h1-18,20H,19H2;3-16H,17H2,1-2H3;3*1-14H,15H2. The second kappa shape index (κ2) is 32.2. The van der Waals surface area contributed by atoms with Gasteiger partial charge in [-0.1, -0.05) is 414 Å². The number of para-hydroxylation sites is 1. The lowest BCUT2D eigenvalue weighted by atomic mass is 9.82. The van der Waals surface area contributed by atoms with Gasteiger partial charge in [-0.15, -0.1) is 22.7 Å². The first-order valence-corrected chi connectivity index (χ1v) is 53.7. The molecule has 0 spiro atoms. The number of nitrogens with zero attached hydrogens (tertiary/aromatic N) is 1. The molecule has 690 valence electrons. The highest BCUT2D eigenvalue weighted by Gasteiger charge is 2.41. The Labute approximate surface area is 862 Å². The molecule has 0 saturated heterocycles. The Balaban J connectivity index is 0.0000000822. The first-order chi connectivity index (χ1) is 73.2. The van der Waals surface area contributed by atoms with Crippen molar-refractivity contribution >= 4 is 214 Å². The van der Waals surface area contributed by atoms with Crippen LogP contribution in [0.4, 0.5) is 0 Å². The second-order valence-electron chi connectivity index (χ2n) is 41.8. The molecule has 0 fully saturated rings. The quantitative estimate of drug-likeness (QED) is 0.150. The van der Waals surface area contributed by atoms with E-state index in [1.807, 2.05) is 22.7 Å². The van der Waals surface area contributed by atoms with Crippen molar-refractivity contribution in [2.75, 3.05) is 0 Å². The van der Waals surface area contributed by atoms with Gasteiger partial charge >= 0.3 is 0 Å². The molecule has 36 rings (SSSR count). The van der Waals surface area contributed by atoms with Gasteiger partial charge in [0.25, 0.3) is 0 Å². The fraction of sp³-hybridized carbons (Fsp3) is 0.0556. The maximum atomic E-state index is 6.50. The number of furan rings is 1. The summed E-state index contributed by atoms with van der Waals surface area (Å²) in [6, 6.07) is 167. The molecule has 4 heterocycles. The molecule has 0 aliphatic heterocycles. The lowest BCUT2D eigenvalue weighted by Crippen LogP contribution is -2.14. The summed E-state index contributed by atoms with van der Waals surface area (Å²) >= 11 is 3.89. The Morgan fingerprint density at radius 1 is 0.209 bits per heavy atom. The normalized spacial score (nSPS) is 13.3. The lowest BCUT2D eigenvalue weighted by molar-refractivity contribution is 0.660. The van der Waals surface area contributed by atoms with Crippen molar-refractivity contribution in [3.8, 4) is 72.4 Å². The van der Waals surface area contributed by atoms with Gasteiger partial charge in [0.2, 0.25) is 0 Å². The van der Waals surface area contributed by atoms with E-state index in [1.165, 1.54) is 320 Å². The molecule has 0 saturated carbocycles. The van der Waals surface area contributed by atoms with E-state index in [4.69, 9.17) is 4.42 Å². The van der Waals surface area contributed by atoms with Crippen LogP contribution in [0, 0.1) is 0 Å². The summed E-state index contributed by atoms with van der Waals surface area (Å²) in [7, 11) is 0. The molecule has 2 nitrogen and oxygen atoms in total. The molecule has 26 aromatic carbocycles. The average molecular weight is 1920 g/mol. The summed E-state index contributed by atoms with van der Waals surface area (Å²) in [6.07, 6.45) is 5.02. The predicted octanol–water partition coefficient (Wildman–Crippen LogP) is 39.9. The van der Waals surface area contributed by atoms with Crippen molar-refractivity contribution in [1.82, 2.24) is 4.57 Å². The number of rotatable bonds is 1. The van der Waals surface area contributed by atoms with Gasteiger partial charge in [-0.2, -0.15) is 0 Å². The summed E-state index contributed by atoms with van der Waals surface area (Å²) in [5.41, 5.74) is 40.4. The number of hydrogen-bond donors (Lipinski definition) is 0. The van der Waals surface area contributed by atoms with E-state index >= 15 is 0 Å². The lowest BCUT2D eigenvalue weighted by Gasteiger charge is -2.21. The summed E-state index contributed by atoms with van der Waals surface area (Å²) in [5.74, 6) is 0. The fourth-order valence-corrected chi connectivity index (χ4v) is 30.1. The van der Waals surface area contributed by atoms with E-state index in [-0.39, 0.29) is 5.41 Å². The number of aromatic nitrogens is 1. The molecule has 0 bridgehead atoms. The molecule has 0 unspecified atom stereocenters. The number of thiophene rings is 2. The second-order valence-corrected chi connectivity index (χ2v) is 43.9. The number of benzene rings is 26. The molecular formula is C144H91NOS2. The van der Waals surface area contributed by atoms with Gasteiger partial charge in [-0.05, 0) is 312 Å². The molecular weight excluding hydrogens is 1820 g/mol. The highest BCUT2D eigenvalue weighted by atomic mass is 32.1. The Morgan fingerprint density at radius 3 is 1.41 bits per heavy atom. The van der Waals surface area contributed by atoms with Gasteiger partial charge in [0, 0.05) is 89.2 Å². The van der Waals surface area contributed by atoms with Crippen LogP contribution in [0.3, 0.4) is 0 Å². The SMILES string of the molecule is CC1(C)c2ccccc2-c2c1ccc1c2Cc2c-1c1ccccc1c1ccccc21.c1ccc(-n2c3cc4ccccc4cc3c3c4c(ccc32)-c2cc3ccccc3cc2C4)cc1.c1ccc2c(c1)Cc1c-2c2ccccc2c2sc3ccc4ccccc4c3c12.c1ccc2c(c1)Cc1c-2ccc2oc3c4ccccc4c4ccccc4c3c12.c1ccc2c3c(ccc2c1)-c1c(c2c4ccccc4sc2c2ccccc12)C3. The molecule has 0 N–H and O–H groups in total.